The van der Waals surface area contributed by atoms with Gasteiger partial charge in [-0.1, -0.05) is 17.7 Å². The maximum Gasteiger partial charge on any atom is 0.305 e. The highest BCUT2D eigenvalue weighted by molar-refractivity contribution is 6.30. The number of carboxylic acids is 1. The van der Waals surface area contributed by atoms with Crippen LogP contribution in [0.3, 0.4) is 0 Å². The average molecular weight is 242 g/mol. The van der Waals surface area contributed by atoms with Crippen LogP contribution in [0.15, 0.2) is 18.2 Å². The van der Waals surface area contributed by atoms with Crippen LogP contribution in [0, 0.1) is 6.92 Å². The fraction of sp³-hybridized carbons (Fsp3) is 0.417. The van der Waals surface area contributed by atoms with Crippen LogP contribution in [-0.4, -0.2) is 24.2 Å². The first-order valence-electron chi connectivity index (χ1n) is 5.27. The number of anilines is 1. The minimum Gasteiger partial charge on any atom is -0.481 e. The topological polar surface area (TPSA) is 40.5 Å². The highest BCUT2D eigenvalue weighted by Gasteiger charge is 2.09. The predicted molar refractivity (Wildman–Crippen MR) is 66.3 cm³/mol. The second-order valence-corrected chi connectivity index (χ2v) is 4.09. The summed E-state index contributed by atoms with van der Waals surface area (Å²) in [7, 11) is 0. The Morgan fingerprint density at radius 2 is 2.19 bits per heavy atom. The van der Waals surface area contributed by atoms with Gasteiger partial charge in [0.1, 0.15) is 0 Å². The van der Waals surface area contributed by atoms with Crippen LogP contribution in [0.25, 0.3) is 0 Å². The van der Waals surface area contributed by atoms with Crippen LogP contribution >= 0.6 is 11.6 Å². The number of carboxylic acid groups (broad SMARTS) is 1. The summed E-state index contributed by atoms with van der Waals surface area (Å²) in [6.07, 6.45) is 0.139. The maximum absolute atomic E-state index is 10.6. The van der Waals surface area contributed by atoms with Crippen molar-refractivity contribution in [1.82, 2.24) is 0 Å². The molecule has 1 rings (SSSR count). The molecule has 3 nitrogen and oxygen atoms in total. The lowest BCUT2D eigenvalue weighted by Crippen LogP contribution is -2.26. The Balaban J connectivity index is 2.85. The largest absolute Gasteiger partial charge is 0.481 e. The van der Waals surface area contributed by atoms with Crippen molar-refractivity contribution in [3.63, 3.8) is 0 Å². The van der Waals surface area contributed by atoms with Crippen LogP contribution < -0.4 is 4.90 Å². The summed E-state index contributed by atoms with van der Waals surface area (Å²) in [5, 5.41) is 9.35. The van der Waals surface area contributed by atoms with Crippen molar-refractivity contribution in [1.29, 1.82) is 0 Å². The average Bonchev–Trinajstić information content (AvgIpc) is 2.23. The number of nitrogens with zero attached hydrogens (tertiary/aromatic N) is 1. The third-order valence-electron chi connectivity index (χ3n) is 2.49. The first-order chi connectivity index (χ1) is 7.54. The predicted octanol–water partition coefficient (Wildman–Crippen LogP) is 2.95. The molecule has 0 aliphatic heterocycles. The molecule has 0 aliphatic rings. The van der Waals surface area contributed by atoms with Gasteiger partial charge in [-0.2, -0.15) is 0 Å². The van der Waals surface area contributed by atoms with Gasteiger partial charge in [-0.25, -0.2) is 0 Å². The Kier molecular flexibility index (Phi) is 4.62. The number of halogens is 1. The molecule has 0 bridgehead atoms. The fourth-order valence-electron chi connectivity index (χ4n) is 1.60. The van der Waals surface area contributed by atoms with E-state index < -0.39 is 5.97 Å². The molecule has 0 fully saturated rings. The van der Waals surface area contributed by atoms with Crippen molar-refractivity contribution in [2.24, 2.45) is 0 Å². The Hall–Kier alpha value is -1.22. The second kappa shape index (κ2) is 5.75. The molecule has 0 radical (unpaired) electrons. The molecule has 0 heterocycles. The van der Waals surface area contributed by atoms with Crippen LogP contribution in [0.5, 0.6) is 0 Å². The van der Waals surface area contributed by atoms with Crippen LogP contribution in [0.1, 0.15) is 18.9 Å². The smallest absolute Gasteiger partial charge is 0.305 e. The lowest BCUT2D eigenvalue weighted by atomic mass is 10.1. The normalized spacial score (nSPS) is 10.2. The summed E-state index contributed by atoms with van der Waals surface area (Å²) < 4.78 is 0. The van der Waals surface area contributed by atoms with Gasteiger partial charge in [0.15, 0.2) is 0 Å². The summed E-state index contributed by atoms with van der Waals surface area (Å²) in [5.41, 5.74) is 2.12. The van der Waals surface area contributed by atoms with Gasteiger partial charge in [0.2, 0.25) is 0 Å². The molecule has 0 aromatic heterocycles. The molecule has 1 aromatic carbocycles. The highest BCUT2D eigenvalue weighted by atomic mass is 35.5. The van der Waals surface area contributed by atoms with Crippen molar-refractivity contribution in [2.45, 2.75) is 20.3 Å². The summed E-state index contributed by atoms with van der Waals surface area (Å²) in [6, 6.07) is 5.66. The Bertz CT molecular complexity index is 379. The molecule has 88 valence electrons. The molecule has 0 aliphatic carbocycles. The van der Waals surface area contributed by atoms with Crippen molar-refractivity contribution in [3.8, 4) is 0 Å². The molecule has 0 saturated carbocycles. The zero-order valence-electron chi connectivity index (χ0n) is 9.53. The second-order valence-electron chi connectivity index (χ2n) is 3.65. The van der Waals surface area contributed by atoms with E-state index in [1.165, 1.54) is 0 Å². The van der Waals surface area contributed by atoms with Crippen molar-refractivity contribution >= 4 is 23.3 Å². The van der Waals surface area contributed by atoms with Crippen molar-refractivity contribution in [2.75, 3.05) is 18.0 Å². The minimum absolute atomic E-state index is 0.139. The Morgan fingerprint density at radius 3 is 2.75 bits per heavy atom. The molecule has 1 aromatic rings. The van der Waals surface area contributed by atoms with Crippen molar-refractivity contribution < 1.29 is 9.90 Å². The highest BCUT2D eigenvalue weighted by Crippen LogP contribution is 2.24. The maximum atomic E-state index is 10.6. The molecule has 4 heteroatoms. The number of aliphatic carboxylic acids is 1. The van der Waals surface area contributed by atoms with Crippen LogP contribution in [-0.2, 0) is 4.79 Å². The Labute approximate surface area is 101 Å². The lowest BCUT2D eigenvalue weighted by molar-refractivity contribution is -0.136. The van der Waals surface area contributed by atoms with E-state index in [0.717, 1.165) is 17.8 Å². The zero-order valence-corrected chi connectivity index (χ0v) is 10.3. The summed E-state index contributed by atoms with van der Waals surface area (Å²) in [5.74, 6) is -0.780. The quantitative estimate of drug-likeness (QED) is 0.862. The van der Waals surface area contributed by atoms with Gasteiger partial charge in [-0.05, 0) is 31.5 Å². The van der Waals surface area contributed by atoms with Gasteiger partial charge in [0.25, 0.3) is 0 Å². The summed E-state index contributed by atoms with van der Waals surface area (Å²) in [6.45, 7) is 5.28. The standard InChI is InChI=1S/C12H16ClNO2/c1-3-14(7-6-12(15)16)11-8-10(13)5-4-9(11)2/h4-5,8H,3,6-7H2,1-2H3,(H,15,16). The SMILES string of the molecule is CCN(CCC(=O)O)c1cc(Cl)ccc1C. The van der Waals surface area contributed by atoms with E-state index in [-0.39, 0.29) is 6.42 Å². The fourth-order valence-corrected chi connectivity index (χ4v) is 1.77. The molecule has 0 unspecified atom stereocenters. The van der Waals surface area contributed by atoms with E-state index in [1.54, 1.807) is 0 Å². The molecule has 0 amide bonds. The molecule has 0 spiro atoms. The van der Waals surface area contributed by atoms with Crippen LogP contribution in [0.4, 0.5) is 5.69 Å². The van der Waals surface area contributed by atoms with Crippen LogP contribution in [0.2, 0.25) is 5.02 Å². The number of hydrogen-bond acceptors (Lipinski definition) is 2. The molecule has 0 saturated heterocycles. The third-order valence-corrected chi connectivity index (χ3v) is 2.72. The Morgan fingerprint density at radius 1 is 1.50 bits per heavy atom. The van der Waals surface area contributed by atoms with Gasteiger partial charge in [0, 0.05) is 23.8 Å². The van der Waals surface area contributed by atoms with E-state index in [0.29, 0.717) is 11.6 Å². The lowest BCUT2D eigenvalue weighted by Gasteiger charge is -2.24. The zero-order chi connectivity index (χ0) is 12.1. The van der Waals surface area contributed by atoms with Gasteiger partial charge in [-0.15, -0.1) is 0 Å². The molecular weight excluding hydrogens is 226 g/mol. The first-order valence-corrected chi connectivity index (χ1v) is 5.65. The van der Waals surface area contributed by atoms with Crippen molar-refractivity contribution in [3.05, 3.63) is 28.8 Å². The number of aryl methyl sites for hydroxylation is 1. The molecule has 1 N–H and O–H groups in total. The monoisotopic (exact) mass is 241 g/mol. The number of hydrogen-bond donors (Lipinski definition) is 1. The number of rotatable bonds is 5. The van der Waals surface area contributed by atoms with Gasteiger partial charge in [0.05, 0.1) is 6.42 Å². The molecular formula is C12H16ClNO2. The van der Waals surface area contributed by atoms with Gasteiger partial charge in [-0.3, -0.25) is 4.79 Å². The van der Waals surface area contributed by atoms with E-state index in [1.807, 2.05) is 36.9 Å². The third kappa shape index (κ3) is 3.42. The van der Waals surface area contributed by atoms with Gasteiger partial charge < -0.3 is 10.0 Å². The molecule has 16 heavy (non-hydrogen) atoms. The van der Waals surface area contributed by atoms with Gasteiger partial charge >= 0.3 is 5.97 Å². The van der Waals surface area contributed by atoms with E-state index in [2.05, 4.69) is 0 Å². The van der Waals surface area contributed by atoms with E-state index in [4.69, 9.17) is 16.7 Å². The van der Waals surface area contributed by atoms with E-state index >= 15 is 0 Å². The summed E-state index contributed by atoms with van der Waals surface area (Å²) in [4.78, 5) is 12.6. The number of benzene rings is 1. The molecule has 0 atom stereocenters. The van der Waals surface area contributed by atoms with E-state index in [9.17, 15) is 4.79 Å². The minimum atomic E-state index is -0.780. The number of carbonyl (C=O) groups is 1. The first kappa shape index (κ1) is 12.8. The summed E-state index contributed by atoms with van der Waals surface area (Å²) >= 11 is 5.94.